The highest BCUT2D eigenvalue weighted by molar-refractivity contribution is 5.59. The Hall–Kier alpha value is -2.17. The number of methoxy groups -OCH3 is 1. The number of aromatic amines is 1. The van der Waals surface area contributed by atoms with Crippen molar-refractivity contribution in [2.45, 2.75) is 6.54 Å². The van der Waals surface area contributed by atoms with Gasteiger partial charge < -0.3 is 20.8 Å². The van der Waals surface area contributed by atoms with Crippen LogP contribution in [0.3, 0.4) is 0 Å². The lowest BCUT2D eigenvalue weighted by Gasteiger charge is -2.08. The molecule has 1 aromatic heterocycles. The van der Waals surface area contributed by atoms with E-state index in [1.54, 1.807) is 25.7 Å². The van der Waals surface area contributed by atoms with Gasteiger partial charge in [-0.1, -0.05) is 0 Å². The van der Waals surface area contributed by atoms with Crippen LogP contribution in [0.2, 0.25) is 0 Å². The average molecular weight is 218 g/mol. The summed E-state index contributed by atoms with van der Waals surface area (Å²) < 4.78 is 5.13. The summed E-state index contributed by atoms with van der Waals surface area (Å²) in [6.07, 6.45) is 3.42. The number of nitrogen functional groups attached to an aromatic ring is 1. The second-order valence-electron chi connectivity index (χ2n) is 3.43. The average Bonchev–Trinajstić information content (AvgIpc) is 2.78. The third kappa shape index (κ3) is 2.44. The van der Waals surface area contributed by atoms with Crippen molar-refractivity contribution in [2.24, 2.45) is 0 Å². The maximum Gasteiger partial charge on any atom is 0.122 e. The second-order valence-corrected chi connectivity index (χ2v) is 3.43. The zero-order chi connectivity index (χ0) is 11.4. The fourth-order valence-corrected chi connectivity index (χ4v) is 1.42. The van der Waals surface area contributed by atoms with Gasteiger partial charge in [-0.2, -0.15) is 0 Å². The molecule has 2 aromatic rings. The van der Waals surface area contributed by atoms with Gasteiger partial charge in [-0.15, -0.1) is 0 Å². The molecule has 0 aliphatic carbocycles. The van der Waals surface area contributed by atoms with Crippen LogP contribution < -0.4 is 15.8 Å². The van der Waals surface area contributed by atoms with E-state index < -0.39 is 0 Å². The highest BCUT2D eigenvalue weighted by atomic mass is 16.5. The van der Waals surface area contributed by atoms with Crippen LogP contribution in [0.1, 0.15) is 5.69 Å². The molecule has 0 amide bonds. The standard InChI is InChI=1S/C11H14N4O/c1-16-11-3-8(12)2-9(4-11)14-6-10-5-13-7-15-10/h2-5,7,14H,6,12H2,1H3,(H,13,15). The maximum absolute atomic E-state index is 5.74. The lowest BCUT2D eigenvalue weighted by atomic mass is 10.2. The van der Waals surface area contributed by atoms with Gasteiger partial charge in [0.15, 0.2) is 0 Å². The number of benzene rings is 1. The molecule has 5 nitrogen and oxygen atoms in total. The summed E-state index contributed by atoms with van der Waals surface area (Å²) in [5, 5.41) is 3.23. The minimum Gasteiger partial charge on any atom is -0.497 e. The van der Waals surface area contributed by atoms with Crippen LogP contribution in [0, 0.1) is 0 Å². The van der Waals surface area contributed by atoms with E-state index in [2.05, 4.69) is 15.3 Å². The van der Waals surface area contributed by atoms with Crippen LogP contribution >= 0.6 is 0 Å². The summed E-state index contributed by atoms with van der Waals surface area (Å²) in [6, 6.07) is 5.53. The van der Waals surface area contributed by atoms with Crippen molar-refractivity contribution in [1.29, 1.82) is 0 Å². The fourth-order valence-electron chi connectivity index (χ4n) is 1.42. The third-order valence-electron chi connectivity index (χ3n) is 2.20. The number of nitrogens with one attached hydrogen (secondary N) is 2. The van der Waals surface area contributed by atoms with Gasteiger partial charge in [-0.3, -0.25) is 0 Å². The summed E-state index contributed by atoms with van der Waals surface area (Å²) in [6.45, 7) is 0.673. The molecule has 0 saturated carbocycles. The van der Waals surface area contributed by atoms with Crippen LogP contribution in [-0.2, 0) is 6.54 Å². The Balaban J connectivity index is 2.06. The molecule has 16 heavy (non-hydrogen) atoms. The van der Waals surface area contributed by atoms with Gasteiger partial charge in [0.05, 0.1) is 25.7 Å². The molecule has 0 aliphatic rings. The number of nitrogens with two attached hydrogens (primary N) is 1. The minimum atomic E-state index is 0.673. The quantitative estimate of drug-likeness (QED) is 0.681. The van der Waals surface area contributed by atoms with Crippen molar-refractivity contribution in [3.05, 3.63) is 36.4 Å². The van der Waals surface area contributed by atoms with E-state index in [0.717, 1.165) is 17.1 Å². The summed E-state index contributed by atoms with van der Waals surface area (Å²) >= 11 is 0. The molecule has 0 fully saturated rings. The molecule has 0 saturated heterocycles. The predicted molar refractivity (Wildman–Crippen MR) is 63.3 cm³/mol. The number of H-pyrrole nitrogens is 1. The Morgan fingerprint density at radius 3 is 3.00 bits per heavy atom. The largest absolute Gasteiger partial charge is 0.497 e. The zero-order valence-electron chi connectivity index (χ0n) is 9.03. The molecule has 5 heteroatoms. The van der Waals surface area contributed by atoms with Gasteiger partial charge in [0.1, 0.15) is 5.75 Å². The zero-order valence-corrected chi connectivity index (χ0v) is 9.03. The van der Waals surface area contributed by atoms with E-state index in [9.17, 15) is 0 Å². The monoisotopic (exact) mass is 218 g/mol. The van der Waals surface area contributed by atoms with Crippen LogP contribution in [0.25, 0.3) is 0 Å². The van der Waals surface area contributed by atoms with Crippen LogP contribution in [0.5, 0.6) is 5.75 Å². The lowest BCUT2D eigenvalue weighted by molar-refractivity contribution is 0.415. The van der Waals surface area contributed by atoms with Crippen LogP contribution in [0.15, 0.2) is 30.7 Å². The molecule has 2 rings (SSSR count). The summed E-state index contributed by atoms with van der Waals surface area (Å²) in [7, 11) is 1.62. The molecule has 4 N–H and O–H groups in total. The molecule has 0 radical (unpaired) electrons. The SMILES string of the molecule is COc1cc(N)cc(NCc2cnc[nH]2)c1. The van der Waals surface area contributed by atoms with E-state index in [-0.39, 0.29) is 0 Å². The van der Waals surface area contributed by atoms with Gasteiger partial charge in [-0.05, 0) is 6.07 Å². The number of rotatable bonds is 4. The summed E-state index contributed by atoms with van der Waals surface area (Å²) in [5.41, 5.74) is 8.35. The molecule has 0 aliphatic heterocycles. The van der Waals surface area contributed by atoms with E-state index in [4.69, 9.17) is 10.5 Å². The number of imidazole rings is 1. The third-order valence-corrected chi connectivity index (χ3v) is 2.20. The van der Waals surface area contributed by atoms with Gasteiger partial charge in [0.25, 0.3) is 0 Å². The Morgan fingerprint density at radius 1 is 1.44 bits per heavy atom. The smallest absolute Gasteiger partial charge is 0.122 e. The molecule has 84 valence electrons. The molecule has 0 spiro atoms. The summed E-state index contributed by atoms with van der Waals surface area (Å²) in [5.74, 6) is 0.743. The molecule has 1 heterocycles. The number of hydrogen-bond acceptors (Lipinski definition) is 4. The van der Waals surface area contributed by atoms with Crippen molar-refractivity contribution >= 4 is 11.4 Å². The first-order valence-corrected chi connectivity index (χ1v) is 4.93. The first kappa shape index (κ1) is 10.4. The molecule has 0 unspecified atom stereocenters. The number of hydrogen-bond donors (Lipinski definition) is 3. The molecule has 0 atom stereocenters. The second kappa shape index (κ2) is 4.57. The normalized spacial score (nSPS) is 10.1. The highest BCUT2D eigenvalue weighted by Crippen LogP contribution is 2.22. The first-order valence-electron chi connectivity index (χ1n) is 4.93. The van der Waals surface area contributed by atoms with Crippen molar-refractivity contribution in [1.82, 2.24) is 9.97 Å². The van der Waals surface area contributed by atoms with Gasteiger partial charge >= 0.3 is 0 Å². The van der Waals surface area contributed by atoms with E-state index >= 15 is 0 Å². The van der Waals surface area contributed by atoms with E-state index in [1.165, 1.54) is 0 Å². The minimum absolute atomic E-state index is 0.673. The Bertz CT molecular complexity index is 453. The number of nitrogens with zero attached hydrogens (tertiary/aromatic N) is 1. The Kier molecular flexibility index (Phi) is 2.95. The number of anilines is 2. The van der Waals surface area contributed by atoms with Crippen molar-refractivity contribution in [3.8, 4) is 5.75 Å². The Labute approximate surface area is 93.7 Å². The molecular formula is C11H14N4O. The van der Waals surface area contributed by atoms with E-state index in [0.29, 0.717) is 12.2 Å². The first-order chi connectivity index (χ1) is 7.78. The summed E-state index contributed by atoms with van der Waals surface area (Å²) in [4.78, 5) is 6.96. The van der Waals surface area contributed by atoms with Crippen molar-refractivity contribution < 1.29 is 4.74 Å². The van der Waals surface area contributed by atoms with Gasteiger partial charge in [0.2, 0.25) is 0 Å². The maximum atomic E-state index is 5.74. The van der Waals surface area contributed by atoms with Gasteiger partial charge in [-0.25, -0.2) is 4.98 Å². The van der Waals surface area contributed by atoms with Crippen molar-refractivity contribution in [3.63, 3.8) is 0 Å². The fraction of sp³-hybridized carbons (Fsp3) is 0.182. The van der Waals surface area contributed by atoms with Crippen molar-refractivity contribution in [2.75, 3.05) is 18.2 Å². The molecular weight excluding hydrogens is 204 g/mol. The predicted octanol–water partition coefficient (Wildman–Crippen LogP) is 1.61. The van der Waals surface area contributed by atoms with Crippen LogP contribution in [0.4, 0.5) is 11.4 Å². The Morgan fingerprint density at radius 2 is 2.31 bits per heavy atom. The van der Waals surface area contributed by atoms with E-state index in [1.807, 2.05) is 12.1 Å². The molecule has 1 aromatic carbocycles. The lowest BCUT2D eigenvalue weighted by Crippen LogP contribution is -2.00. The van der Waals surface area contributed by atoms with Crippen LogP contribution in [-0.4, -0.2) is 17.1 Å². The topological polar surface area (TPSA) is 76.0 Å². The van der Waals surface area contributed by atoms with Gasteiger partial charge in [0, 0.05) is 29.7 Å². The number of aromatic nitrogens is 2. The highest BCUT2D eigenvalue weighted by Gasteiger charge is 1.99. The molecule has 0 bridgehead atoms. The number of ether oxygens (including phenoxy) is 1.